The summed E-state index contributed by atoms with van der Waals surface area (Å²) in [4.78, 5) is 28.4. The highest BCUT2D eigenvalue weighted by molar-refractivity contribution is 5.78. The molecule has 0 bridgehead atoms. The van der Waals surface area contributed by atoms with Crippen LogP contribution in [0.3, 0.4) is 0 Å². The van der Waals surface area contributed by atoms with Gasteiger partial charge in [0.25, 0.3) is 5.56 Å². The standard InChI is InChI=1S/C21H31N3O3/c1-16(2)5-4-8-24-20(25)18-15-17(3)6-7-19(18)23(21(24)26)10-9-22-11-13-27-14-12-22/h6-7,15-16H,4-5,8-14H2,1-3H3. The van der Waals surface area contributed by atoms with E-state index < -0.39 is 0 Å². The number of aromatic nitrogens is 2. The topological polar surface area (TPSA) is 56.5 Å². The van der Waals surface area contributed by atoms with Gasteiger partial charge in [0.2, 0.25) is 0 Å². The smallest absolute Gasteiger partial charge is 0.331 e. The lowest BCUT2D eigenvalue weighted by atomic mass is 10.1. The molecule has 0 spiro atoms. The Hall–Kier alpha value is -1.92. The second kappa shape index (κ2) is 8.85. The van der Waals surface area contributed by atoms with Crippen molar-refractivity contribution < 1.29 is 4.74 Å². The van der Waals surface area contributed by atoms with Gasteiger partial charge in [-0.05, 0) is 37.8 Å². The first-order chi connectivity index (χ1) is 13.0. The van der Waals surface area contributed by atoms with Gasteiger partial charge in [-0.1, -0.05) is 25.5 Å². The average Bonchev–Trinajstić information content (AvgIpc) is 2.65. The molecule has 1 saturated heterocycles. The molecule has 27 heavy (non-hydrogen) atoms. The summed E-state index contributed by atoms with van der Waals surface area (Å²) in [6.07, 6.45) is 1.85. The third-order valence-electron chi connectivity index (χ3n) is 5.29. The van der Waals surface area contributed by atoms with Crippen molar-refractivity contribution in [2.24, 2.45) is 5.92 Å². The van der Waals surface area contributed by atoms with Gasteiger partial charge in [-0.15, -0.1) is 0 Å². The van der Waals surface area contributed by atoms with Crippen LogP contribution in [0.5, 0.6) is 0 Å². The zero-order valence-electron chi connectivity index (χ0n) is 16.7. The fourth-order valence-corrected chi connectivity index (χ4v) is 3.67. The number of morpholine rings is 1. The van der Waals surface area contributed by atoms with Crippen LogP contribution in [0, 0.1) is 12.8 Å². The predicted molar refractivity (Wildman–Crippen MR) is 109 cm³/mol. The molecule has 0 amide bonds. The molecule has 0 unspecified atom stereocenters. The number of hydrogen-bond acceptors (Lipinski definition) is 4. The van der Waals surface area contributed by atoms with E-state index in [1.807, 2.05) is 25.1 Å². The van der Waals surface area contributed by atoms with Crippen LogP contribution >= 0.6 is 0 Å². The molecule has 0 radical (unpaired) electrons. The van der Waals surface area contributed by atoms with Crippen molar-refractivity contribution in [3.63, 3.8) is 0 Å². The summed E-state index contributed by atoms with van der Waals surface area (Å²) in [5, 5.41) is 0.640. The average molecular weight is 373 g/mol. The largest absolute Gasteiger partial charge is 0.379 e. The molecule has 6 nitrogen and oxygen atoms in total. The molecule has 1 aromatic heterocycles. The maximum Gasteiger partial charge on any atom is 0.331 e. The van der Waals surface area contributed by atoms with Gasteiger partial charge in [0.1, 0.15) is 0 Å². The molecule has 0 aliphatic carbocycles. The minimum Gasteiger partial charge on any atom is -0.379 e. The first-order valence-electron chi connectivity index (χ1n) is 10.0. The molecule has 2 aromatic rings. The van der Waals surface area contributed by atoms with Crippen LogP contribution in [0.25, 0.3) is 10.9 Å². The van der Waals surface area contributed by atoms with Gasteiger partial charge >= 0.3 is 5.69 Å². The highest BCUT2D eigenvalue weighted by Gasteiger charge is 2.15. The summed E-state index contributed by atoms with van der Waals surface area (Å²) in [7, 11) is 0. The first kappa shape index (κ1) is 19.8. The van der Waals surface area contributed by atoms with Crippen molar-refractivity contribution in [1.82, 2.24) is 14.0 Å². The van der Waals surface area contributed by atoms with E-state index in [1.54, 1.807) is 4.57 Å². The Morgan fingerprint density at radius 3 is 2.48 bits per heavy atom. The summed E-state index contributed by atoms with van der Waals surface area (Å²) in [5.41, 5.74) is 1.43. The van der Waals surface area contributed by atoms with Crippen molar-refractivity contribution in [3.05, 3.63) is 44.6 Å². The lowest BCUT2D eigenvalue weighted by molar-refractivity contribution is 0.0363. The van der Waals surface area contributed by atoms with Crippen LogP contribution in [-0.2, 0) is 17.8 Å². The zero-order valence-corrected chi connectivity index (χ0v) is 16.7. The van der Waals surface area contributed by atoms with E-state index in [4.69, 9.17) is 4.74 Å². The highest BCUT2D eigenvalue weighted by Crippen LogP contribution is 2.12. The third-order valence-corrected chi connectivity index (χ3v) is 5.29. The summed E-state index contributed by atoms with van der Waals surface area (Å²) in [6.45, 7) is 11.4. The quantitative estimate of drug-likeness (QED) is 0.747. The molecular formula is C21H31N3O3. The Morgan fingerprint density at radius 1 is 1.04 bits per heavy atom. The molecule has 1 fully saturated rings. The monoisotopic (exact) mass is 373 g/mol. The summed E-state index contributed by atoms with van der Waals surface area (Å²) in [6, 6.07) is 5.78. The Bertz CT molecular complexity index is 892. The number of ether oxygens (including phenoxy) is 1. The molecule has 0 saturated carbocycles. The van der Waals surface area contributed by atoms with Crippen LogP contribution in [0.4, 0.5) is 0 Å². The number of aryl methyl sites for hydroxylation is 1. The van der Waals surface area contributed by atoms with Gasteiger partial charge in [0.05, 0.1) is 24.1 Å². The minimum atomic E-state index is -0.187. The molecule has 1 aliphatic heterocycles. The van der Waals surface area contributed by atoms with Gasteiger partial charge in [0, 0.05) is 32.7 Å². The molecule has 6 heteroatoms. The van der Waals surface area contributed by atoms with Gasteiger partial charge < -0.3 is 4.74 Å². The van der Waals surface area contributed by atoms with Crippen LogP contribution in [0.1, 0.15) is 32.3 Å². The SMILES string of the molecule is Cc1ccc2c(c1)c(=O)n(CCCC(C)C)c(=O)n2CCN1CCOCC1. The minimum absolute atomic E-state index is 0.162. The third kappa shape index (κ3) is 4.68. The molecule has 1 aromatic carbocycles. The van der Waals surface area contributed by atoms with Crippen molar-refractivity contribution >= 4 is 10.9 Å². The second-order valence-corrected chi connectivity index (χ2v) is 7.90. The number of nitrogens with zero attached hydrogens (tertiary/aromatic N) is 3. The number of hydrogen-bond donors (Lipinski definition) is 0. The lowest BCUT2D eigenvalue weighted by Gasteiger charge is -2.27. The van der Waals surface area contributed by atoms with Gasteiger partial charge in [-0.25, -0.2) is 4.79 Å². The molecule has 148 valence electrons. The van der Waals surface area contributed by atoms with E-state index in [-0.39, 0.29) is 11.2 Å². The van der Waals surface area contributed by atoms with Crippen molar-refractivity contribution in [2.75, 3.05) is 32.8 Å². The highest BCUT2D eigenvalue weighted by atomic mass is 16.5. The molecule has 0 N–H and O–H groups in total. The lowest BCUT2D eigenvalue weighted by Crippen LogP contribution is -2.43. The van der Waals surface area contributed by atoms with E-state index in [1.165, 1.54) is 4.57 Å². The van der Waals surface area contributed by atoms with Crippen LogP contribution in [0.2, 0.25) is 0 Å². The van der Waals surface area contributed by atoms with Gasteiger partial charge in [-0.3, -0.25) is 18.8 Å². The van der Waals surface area contributed by atoms with E-state index in [0.29, 0.717) is 24.4 Å². The number of fused-ring (bicyclic) bond motifs is 1. The normalized spacial score (nSPS) is 15.7. The van der Waals surface area contributed by atoms with Crippen molar-refractivity contribution in [2.45, 2.75) is 46.7 Å². The fraction of sp³-hybridized carbons (Fsp3) is 0.619. The maximum absolute atomic E-state index is 13.1. The molecular weight excluding hydrogens is 342 g/mol. The molecule has 1 aliphatic rings. The summed E-state index contributed by atoms with van der Waals surface area (Å²) >= 11 is 0. The van der Waals surface area contributed by atoms with Crippen LogP contribution in [-0.4, -0.2) is 46.9 Å². The molecule has 0 atom stereocenters. The summed E-state index contributed by atoms with van der Waals surface area (Å²) in [5.74, 6) is 0.562. The predicted octanol–water partition coefficient (Wildman–Crippen LogP) is 2.24. The molecule has 2 heterocycles. The number of rotatable bonds is 7. The zero-order chi connectivity index (χ0) is 19.4. The van der Waals surface area contributed by atoms with Crippen LogP contribution < -0.4 is 11.2 Å². The van der Waals surface area contributed by atoms with E-state index in [2.05, 4.69) is 18.7 Å². The van der Waals surface area contributed by atoms with E-state index in [9.17, 15) is 9.59 Å². The Morgan fingerprint density at radius 2 is 1.78 bits per heavy atom. The Kier molecular flexibility index (Phi) is 6.50. The van der Waals surface area contributed by atoms with Gasteiger partial charge in [0.15, 0.2) is 0 Å². The second-order valence-electron chi connectivity index (χ2n) is 7.90. The Balaban J connectivity index is 1.96. The van der Waals surface area contributed by atoms with E-state index >= 15 is 0 Å². The fourth-order valence-electron chi connectivity index (χ4n) is 3.67. The number of benzene rings is 1. The van der Waals surface area contributed by atoms with Crippen LogP contribution in [0.15, 0.2) is 27.8 Å². The van der Waals surface area contributed by atoms with Crippen molar-refractivity contribution in [3.8, 4) is 0 Å². The Labute approximate surface area is 160 Å². The van der Waals surface area contributed by atoms with Gasteiger partial charge in [-0.2, -0.15) is 0 Å². The van der Waals surface area contributed by atoms with Crippen molar-refractivity contribution in [1.29, 1.82) is 0 Å². The maximum atomic E-state index is 13.1. The summed E-state index contributed by atoms with van der Waals surface area (Å²) < 4.78 is 8.61. The van der Waals surface area contributed by atoms with E-state index in [0.717, 1.165) is 56.8 Å². The first-order valence-corrected chi connectivity index (χ1v) is 10.0. The molecule has 3 rings (SSSR count).